The molecule has 1 saturated carbocycles. The van der Waals surface area contributed by atoms with E-state index in [1.54, 1.807) is 0 Å². The molecule has 1 heterocycles. The van der Waals surface area contributed by atoms with E-state index in [9.17, 15) is 4.79 Å². The fourth-order valence-corrected chi connectivity index (χ4v) is 2.80. The van der Waals surface area contributed by atoms with Gasteiger partial charge in [0.2, 0.25) is 5.91 Å². The number of hydrogen-bond donors (Lipinski definition) is 1. The molecule has 2 rings (SSSR count). The Morgan fingerprint density at radius 1 is 1.20 bits per heavy atom. The van der Waals surface area contributed by atoms with Crippen LogP contribution in [0.25, 0.3) is 0 Å². The van der Waals surface area contributed by atoms with Crippen molar-refractivity contribution in [3.63, 3.8) is 0 Å². The smallest absolute Gasteiger partial charge is 0.234 e. The average Bonchev–Trinajstić information content (AvgIpc) is 2.49. The van der Waals surface area contributed by atoms with E-state index in [2.05, 4.69) is 10.2 Å². The van der Waals surface area contributed by atoms with E-state index in [0.717, 1.165) is 45.9 Å². The average molecular weight is 284 g/mol. The summed E-state index contributed by atoms with van der Waals surface area (Å²) >= 11 is 0. The number of morpholine rings is 1. The van der Waals surface area contributed by atoms with Crippen molar-refractivity contribution in [3.05, 3.63) is 0 Å². The Balaban J connectivity index is 1.44. The van der Waals surface area contributed by atoms with Crippen molar-refractivity contribution in [2.45, 2.75) is 44.6 Å². The molecule has 1 amide bonds. The van der Waals surface area contributed by atoms with E-state index in [1.807, 2.05) is 0 Å². The molecule has 20 heavy (non-hydrogen) atoms. The lowest BCUT2D eigenvalue weighted by Crippen LogP contribution is -2.43. The van der Waals surface area contributed by atoms with Crippen LogP contribution in [0, 0.1) is 0 Å². The van der Waals surface area contributed by atoms with Crippen LogP contribution in [0.4, 0.5) is 0 Å². The molecule has 0 unspecified atom stereocenters. The molecule has 0 spiro atoms. The van der Waals surface area contributed by atoms with Gasteiger partial charge in [0.25, 0.3) is 0 Å². The van der Waals surface area contributed by atoms with E-state index >= 15 is 0 Å². The zero-order valence-corrected chi connectivity index (χ0v) is 12.4. The number of rotatable bonds is 7. The summed E-state index contributed by atoms with van der Waals surface area (Å²) in [5.41, 5.74) is 0. The van der Waals surface area contributed by atoms with E-state index in [1.165, 1.54) is 32.1 Å². The summed E-state index contributed by atoms with van der Waals surface area (Å²) in [6.07, 6.45) is 7.77. The summed E-state index contributed by atoms with van der Waals surface area (Å²) in [7, 11) is 0. The number of carbonyl (C=O) groups excluding carboxylic acids is 1. The van der Waals surface area contributed by atoms with Gasteiger partial charge in [-0.2, -0.15) is 0 Å². The van der Waals surface area contributed by atoms with E-state index in [4.69, 9.17) is 9.47 Å². The highest BCUT2D eigenvalue weighted by Crippen LogP contribution is 2.20. The Hall–Kier alpha value is -0.650. The first-order valence-electron chi connectivity index (χ1n) is 8.03. The molecule has 0 bridgehead atoms. The number of nitrogens with one attached hydrogen (secondary N) is 1. The molecule has 2 aliphatic rings. The van der Waals surface area contributed by atoms with Crippen LogP contribution in [0.15, 0.2) is 0 Å². The predicted octanol–water partition coefficient (Wildman–Crippen LogP) is 1.17. The maximum Gasteiger partial charge on any atom is 0.234 e. The van der Waals surface area contributed by atoms with Crippen LogP contribution in [0.1, 0.15) is 38.5 Å². The maximum absolute atomic E-state index is 11.7. The molecule has 0 radical (unpaired) electrons. The molecule has 5 heteroatoms. The first kappa shape index (κ1) is 15.7. The van der Waals surface area contributed by atoms with Gasteiger partial charge in [-0.05, 0) is 19.3 Å². The quantitative estimate of drug-likeness (QED) is 0.713. The van der Waals surface area contributed by atoms with E-state index in [-0.39, 0.29) is 5.91 Å². The van der Waals surface area contributed by atoms with Gasteiger partial charge in [0.1, 0.15) is 0 Å². The molecule has 5 nitrogen and oxygen atoms in total. The van der Waals surface area contributed by atoms with Gasteiger partial charge in [0.05, 0.1) is 25.9 Å². The third kappa shape index (κ3) is 6.20. The topological polar surface area (TPSA) is 50.8 Å². The first-order valence-corrected chi connectivity index (χ1v) is 8.03. The molecule has 1 aliphatic heterocycles. The van der Waals surface area contributed by atoms with Gasteiger partial charge in [0.15, 0.2) is 0 Å². The number of hydrogen-bond acceptors (Lipinski definition) is 4. The Labute approximate surface area is 122 Å². The van der Waals surface area contributed by atoms with Crippen molar-refractivity contribution >= 4 is 5.91 Å². The van der Waals surface area contributed by atoms with Gasteiger partial charge in [-0.15, -0.1) is 0 Å². The Bertz CT molecular complexity index is 274. The summed E-state index contributed by atoms with van der Waals surface area (Å²) in [6.45, 7) is 5.17. The molecule has 1 N–H and O–H groups in total. The van der Waals surface area contributed by atoms with E-state index in [0.29, 0.717) is 12.6 Å². The molecule has 0 aromatic rings. The Morgan fingerprint density at radius 3 is 2.70 bits per heavy atom. The van der Waals surface area contributed by atoms with Crippen molar-refractivity contribution in [1.82, 2.24) is 10.2 Å². The van der Waals surface area contributed by atoms with Crippen LogP contribution in [0.3, 0.4) is 0 Å². The summed E-state index contributed by atoms with van der Waals surface area (Å²) in [4.78, 5) is 13.9. The van der Waals surface area contributed by atoms with Gasteiger partial charge in [-0.3, -0.25) is 9.69 Å². The predicted molar refractivity (Wildman–Crippen MR) is 77.7 cm³/mol. The third-order valence-electron chi connectivity index (χ3n) is 4.02. The highest BCUT2D eigenvalue weighted by Gasteiger charge is 2.14. The van der Waals surface area contributed by atoms with Gasteiger partial charge < -0.3 is 14.8 Å². The summed E-state index contributed by atoms with van der Waals surface area (Å²) in [5.74, 6) is 0.115. The first-order chi connectivity index (χ1) is 9.84. The number of carbonyl (C=O) groups is 1. The summed E-state index contributed by atoms with van der Waals surface area (Å²) < 4.78 is 11.1. The summed E-state index contributed by atoms with van der Waals surface area (Å²) in [5, 5.41) is 2.97. The lowest BCUT2D eigenvalue weighted by Gasteiger charge is -2.25. The summed E-state index contributed by atoms with van der Waals surface area (Å²) in [6, 6.07) is 0. The van der Waals surface area contributed by atoms with E-state index < -0.39 is 0 Å². The highest BCUT2D eigenvalue weighted by atomic mass is 16.5. The second kappa shape index (κ2) is 9.32. The van der Waals surface area contributed by atoms with Crippen LogP contribution >= 0.6 is 0 Å². The minimum Gasteiger partial charge on any atom is -0.379 e. The minimum atomic E-state index is 0.115. The minimum absolute atomic E-state index is 0.115. The number of nitrogens with zero attached hydrogens (tertiary/aromatic N) is 1. The molecule has 1 aliphatic carbocycles. The standard InChI is InChI=1S/C15H28N2O3/c18-15(13-17-8-11-19-12-9-17)16-7-4-10-20-14-5-2-1-3-6-14/h14H,1-13H2,(H,16,18). The van der Waals surface area contributed by atoms with Crippen LogP contribution in [0.5, 0.6) is 0 Å². The normalized spacial score (nSPS) is 21.8. The second-order valence-electron chi connectivity index (χ2n) is 5.72. The maximum atomic E-state index is 11.7. The van der Waals surface area contributed by atoms with Gasteiger partial charge in [-0.1, -0.05) is 19.3 Å². The third-order valence-corrected chi connectivity index (χ3v) is 4.02. The SMILES string of the molecule is O=C(CN1CCOCC1)NCCCOC1CCCCC1. The molecule has 0 aromatic carbocycles. The van der Waals surface area contributed by atoms with Crippen molar-refractivity contribution in [2.24, 2.45) is 0 Å². The van der Waals surface area contributed by atoms with Crippen molar-refractivity contribution in [1.29, 1.82) is 0 Å². The lowest BCUT2D eigenvalue weighted by atomic mass is 9.98. The second-order valence-corrected chi connectivity index (χ2v) is 5.72. The van der Waals surface area contributed by atoms with Crippen LogP contribution in [-0.2, 0) is 14.3 Å². The molecule has 0 aromatic heterocycles. The van der Waals surface area contributed by atoms with Crippen LogP contribution in [0.2, 0.25) is 0 Å². The molecule has 2 fully saturated rings. The Morgan fingerprint density at radius 2 is 1.95 bits per heavy atom. The zero-order chi connectivity index (χ0) is 14.0. The van der Waals surface area contributed by atoms with Crippen LogP contribution < -0.4 is 5.32 Å². The fraction of sp³-hybridized carbons (Fsp3) is 0.933. The monoisotopic (exact) mass is 284 g/mol. The number of ether oxygens (including phenoxy) is 2. The molecular formula is C15H28N2O3. The molecule has 0 atom stereocenters. The molecule has 116 valence electrons. The van der Waals surface area contributed by atoms with Crippen molar-refractivity contribution < 1.29 is 14.3 Å². The highest BCUT2D eigenvalue weighted by molar-refractivity contribution is 5.77. The Kier molecular flexibility index (Phi) is 7.33. The van der Waals surface area contributed by atoms with Crippen molar-refractivity contribution in [3.8, 4) is 0 Å². The van der Waals surface area contributed by atoms with Crippen molar-refractivity contribution in [2.75, 3.05) is 46.0 Å². The van der Waals surface area contributed by atoms with Gasteiger partial charge in [-0.25, -0.2) is 0 Å². The largest absolute Gasteiger partial charge is 0.379 e. The van der Waals surface area contributed by atoms with Gasteiger partial charge in [0, 0.05) is 26.2 Å². The number of amides is 1. The molecular weight excluding hydrogens is 256 g/mol. The molecule has 1 saturated heterocycles. The van der Waals surface area contributed by atoms with Crippen LogP contribution in [-0.4, -0.2) is 62.9 Å². The zero-order valence-electron chi connectivity index (χ0n) is 12.4. The van der Waals surface area contributed by atoms with Gasteiger partial charge >= 0.3 is 0 Å². The lowest BCUT2D eigenvalue weighted by molar-refractivity contribution is -0.123. The fourth-order valence-electron chi connectivity index (χ4n) is 2.80.